The van der Waals surface area contributed by atoms with Crippen LogP contribution in [0.15, 0.2) is 18.2 Å². The van der Waals surface area contributed by atoms with Crippen molar-refractivity contribution in [2.24, 2.45) is 11.8 Å². The molecule has 1 N–H and O–H groups in total. The van der Waals surface area contributed by atoms with Crippen LogP contribution in [-0.4, -0.2) is 29.1 Å². The number of carboxylic acid groups (broad SMARTS) is 1. The minimum atomic E-state index is -1.10. The van der Waals surface area contributed by atoms with E-state index >= 15 is 0 Å². The first-order chi connectivity index (χ1) is 9.29. The van der Waals surface area contributed by atoms with Gasteiger partial charge in [0.05, 0.1) is 5.56 Å². The number of halogens is 1. The maximum Gasteiger partial charge on any atom is 0.335 e. The third kappa shape index (κ3) is 5.29. The summed E-state index contributed by atoms with van der Waals surface area (Å²) in [5, 5.41) is 8.84. The van der Waals surface area contributed by atoms with Crippen LogP contribution in [0.25, 0.3) is 0 Å². The molecule has 20 heavy (non-hydrogen) atoms. The zero-order valence-corrected chi connectivity index (χ0v) is 12.7. The normalized spacial score (nSPS) is 11.6. The quantitative estimate of drug-likeness (QED) is 0.829. The molecule has 0 aliphatic heterocycles. The van der Waals surface area contributed by atoms with Crippen molar-refractivity contribution in [1.29, 1.82) is 0 Å². The zero-order chi connectivity index (χ0) is 15.3. The summed E-state index contributed by atoms with van der Waals surface area (Å²) in [5.41, 5.74) is 0.543. The molecule has 0 unspecified atom stereocenters. The molecule has 0 aliphatic rings. The molecule has 0 bridgehead atoms. The Morgan fingerprint density at radius 1 is 1.20 bits per heavy atom. The van der Waals surface area contributed by atoms with Gasteiger partial charge in [-0.25, -0.2) is 9.18 Å². The number of carboxylic acids is 1. The van der Waals surface area contributed by atoms with Crippen LogP contribution in [0.5, 0.6) is 0 Å². The van der Waals surface area contributed by atoms with Gasteiger partial charge in [0.1, 0.15) is 5.82 Å². The highest BCUT2D eigenvalue weighted by Gasteiger charge is 2.14. The summed E-state index contributed by atoms with van der Waals surface area (Å²) < 4.78 is 14.0. The summed E-state index contributed by atoms with van der Waals surface area (Å²) in [6.07, 6.45) is 0. The topological polar surface area (TPSA) is 40.5 Å². The van der Waals surface area contributed by atoms with Gasteiger partial charge in [0.25, 0.3) is 0 Å². The molecule has 0 radical (unpaired) electrons. The van der Waals surface area contributed by atoms with Crippen LogP contribution >= 0.6 is 0 Å². The van der Waals surface area contributed by atoms with Crippen molar-refractivity contribution in [3.05, 3.63) is 35.1 Å². The maximum atomic E-state index is 14.0. The molecule has 0 saturated heterocycles. The van der Waals surface area contributed by atoms with Gasteiger partial charge in [-0.2, -0.15) is 0 Å². The number of benzene rings is 1. The molecule has 0 aliphatic carbocycles. The minimum Gasteiger partial charge on any atom is -0.478 e. The van der Waals surface area contributed by atoms with Gasteiger partial charge in [0.2, 0.25) is 0 Å². The first kappa shape index (κ1) is 16.6. The fourth-order valence-electron chi connectivity index (χ4n) is 2.29. The second kappa shape index (κ2) is 7.39. The van der Waals surface area contributed by atoms with Crippen LogP contribution in [0.3, 0.4) is 0 Å². The smallest absolute Gasteiger partial charge is 0.335 e. The standard InChI is InChI=1S/C16H24FNO2/c1-11(2)8-18(9-12(3)4)10-14-6-5-13(16(19)20)7-15(14)17/h5-7,11-12H,8-10H2,1-4H3,(H,19,20). The van der Waals surface area contributed by atoms with E-state index in [2.05, 4.69) is 32.6 Å². The predicted octanol–water partition coefficient (Wildman–Crippen LogP) is 3.64. The van der Waals surface area contributed by atoms with Gasteiger partial charge in [-0.1, -0.05) is 33.8 Å². The number of hydrogen-bond acceptors (Lipinski definition) is 2. The molecule has 0 fully saturated rings. The Bertz CT molecular complexity index is 448. The van der Waals surface area contributed by atoms with E-state index in [0.717, 1.165) is 19.2 Å². The Hall–Kier alpha value is -1.42. The average molecular weight is 281 g/mol. The van der Waals surface area contributed by atoms with Crippen molar-refractivity contribution in [3.63, 3.8) is 0 Å². The van der Waals surface area contributed by atoms with Gasteiger partial charge in [-0.15, -0.1) is 0 Å². The highest BCUT2D eigenvalue weighted by Crippen LogP contribution is 2.15. The Kier molecular flexibility index (Phi) is 6.14. The monoisotopic (exact) mass is 281 g/mol. The molecule has 0 amide bonds. The van der Waals surface area contributed by atoms with Crippen molar-refractivity contribution < 1.29 is 14.3 Å². The van der Waals surface area contributed by atoms with E-state index in [1.54, 1.807) is 6.07 Å². The lowest BCUT2D eigenvalue weighted by Gasteiger charge is -2.26. The van der Waals surface area contributed by atoms with Crippen LogP contribution < -0.4 is 0 Å². The van der Waals surface area contributed by atoms with Crippen molar-refractivity contribution in [3.8, 4) is 0 Å². The minimum absolute atomic E-state index is 0.00878. The molecule has 0 aromatic heterocycles. The molecular weight excluding hydrogens is 257 g/mol. The van der Waals surface area contributed by atoms with E-state index in [0.29, 0.717) is 23.9 Å². The third-order valence-corrected chi connectivity index (χ3v) is 2.94. The van der Waals surface area contributed by atoms with Gasteiger partial charge < -0.3 is 5.11 Å². The molecule has 0 heterocycles. The lowest BCUT2D eigenvalue weighted by Crippen LogP contribution is -2.31. The van der Waals surface area contributed by atoms with Crippen molar-refractivity contribution in [2.75, 3.05) is 13.1 Å². The van der Waals surface area contributed by atoms with E-state index in [1.165, 1.54) is 6.07 Å². The molecule has 112 valence electrons. The second-order valence-electron chi connectivity index (χ2n) is 6.09. The number of carbonyl (C=O) groups is 1. The summed E-state index contributed by atoms with van der Waals surface area (Å²) >= 11 is 0. The Labute approximate surface area is 120 Å². The van der Waals surface area contributed by atoms with Crippen LogP contribution in [0.1, 0.15) is 43.6 Å². The van der Waals surface area contributed by atoms with Crippen LogP contribution in [0.4, 0.5) is 4.39 Å². The zero-order valence-electron chi connectivity index (χ0n) is 12.7. The summed E-state index contributed by atoms with van der Waals surface area (Å²) in [4.78, 5) is 13.0. The van der Waals surface area contributed by atoms with E-state index in [9.17, 15) is 9.18 Å². The number of aromatic carboxylic acids is 1. The molecule has 0 saturated carbocycles. The number of hydrogen-bond donors (Lipinski definition) is 1. The first-order valence-electron chi connectivity index (χ1n) is 7.03. The summed E-state index contributed by atoms with van der Waals surface area (Å²) in [7, 11) is 0. The lowest BCUT2D eigenvalue weighted by atomic mass is 10.1. The number of rotatable bonds is 7. The molecule has 0 atom stereocenters. The summed E-state index contributed by atoms with van der Waals surface area (Å²) in [5.74, 6) is -0.524. The second-order valence-corrected chi connectivity index (χ2v) is 6.09. The third-order valence-electron chi connectivity index (χ3n) is 2.94. The fraction of sp³-hybridized carbons (Fsp3) is 0.562. The summed E-state index contributed by atoms with van der Waals surface area (Å²) in [6.45, 7) is 10.9. The van der Waals surface area contributed by atoms with Crippen LogP contribution in [0, 0.1) is 17.7 Å². The first-order valence-corrected chi connectivity index (χ1v) is 7.03. The van der Waals surface area contributed by atoms with Gasteiger partial charge in [0.15, 0.2) is 0 Å². The molecule has 1 aromatic rings. The van der Waals surface area contributed by atoms with E-state index in [-0.39, 0.29) is 5.56 Å². The van der Waals surface area contributed by atoms with Crippen molar-refractivity contribution >= 4 is 5.97 Å². The highest BCUT2D eigenvalue weighted by atomic mass is 19.1. The average Bonchev–Trinajstić information content (AvgIpc) is 2.29. The van der Waals surface area contributed by atoms with Gasteiger partial charge in [-0.3, -0.25) is 4.90 Å². The lowest BCUT2D eigenvalue weighted by molar-refractivity contribution is 0.0696. The van der Waals surface area contributed by atoms with Crippen LogP contribution in [0.2, 0.25) is 0 Å². The highest BCUT2D eigenvalue weighted by molar-refractivity contribution is 5.87. The van der Waals surface area contributed by atoms with Gasteiger partial charge in [-0.05, 0) is 24.0 Å². The molecule has 1 rings (SSSR count). The van der Waals surface area contributed by atoms with Crippen LogP contribution in [-0.2, 0) is 6.54 Å². The van der Waals surface area contributed by atoms with E-state index in [4.69, 9.17) is 5.11 Å². The summed E-state index contributed by atoms with van der Waals surface area (Å²) in [6, 6.07) is 4.14. The molecule has 1 aromatic carbocycles. The van der Waals surface area contributed by atoms with Gasteiger partial charge in [0, 0.05) is 25.2 Å². The largest absolute Gasteiger partial charge is 0.478 e. The SMILES string of the molecule is CC(C)CN(Cc1ccc(C(=O)O)cc1F)CC(C)C. The maximum absolute atomic E-state index is 14.0. The van der Waals surface area contributed by atoms with Gasteiger partial charge >= 0.3 is 5.97 Å². The van der Waals surface area contributed by atoms with E-state index < -0.39 is 11.8 Å². The van der Waals surface area contributed by atoms with Crippen molar-refractivity contribution in [1.82, 2.24) is 4.90 Å². The molecule has 4 heteroatoms. The Morgan fingerprint density at radius 3 is 2.15 bits per heavy atom. The molecule has 3 nitrogen and oxygen atoms in total. The number of nitrogens with zero attached hydrogens (tertiary/aromatic N) is 1. The molecular formula is C16H24FNO2. The Balaban J connectivity index is 2.84. The predicted molar refractivity (Wildman–Crippen MR) is 78.3 cm³/mol. The Morgan fingerprint density at radius 2 is 1.75 bits per heavy atom. The fourth-order valence-corrected chi connectivity index (χ4v) is 2.29. The molecule has 0 spiro atoms. The van der Waals surface area contributed by atoms with Crippen molar-refractivity contribution in [2.45, 2.75) is 34.2 Å². The van der Waals surface area contributed by atoms with E-state index in [1.807, 2.05) is 0 Å².